The lowest BCUT2D eigenvalue weighted by molar-refractivity contribution is -0.165. The molecule has 0 radical (unpaired) electrons. The summed E-state index contributed by atoms with van der Waals surface area (Å²) in [6.07, 6.45) is 1.75. The first-order valence-electron chi connectivity index (χ1n) is 8.21. The van der Waals surface area contributed by atoms with Crippen LogP contribution in [0.15, 0.2) is 30.3 Å². The topological polar surface area (TPSA) is 118 Å². The molecule has 8 heteroatoms. The number of likely N-dealkylation sites (N-methyl/N-ethyl adjacent to an activating group) is 1. The number of carboxylic acids is 2. The van der Waals surface area contributed by atoms with Gasteiger partial charge in [-0.3, -0.25) is 4.90 Å². The van der Waals surface area contributed by atoms with Gasteiger partial charge in [0.05, 0.1) is 0 Å². The number of benzene rings is 1. The number of carbonyl (C=O) groups is 2. The van der Waals surface area contributed by atoms with Crippen LogP contribution in [0, 0.1) is 0 Å². The van der Waals surface area contributed by atoms with Crippen LogP contribution in [0.5, 0.6) is 0 Å². The molecular formula is C18H22ClNO6. The zero-order valence-corrected chi connectivity index (χ0v) is 15.0. The minimum absolute atomic E-state index is 0.657. The number of aliphatic hydroxyl groups excluding tert-OH is 2. The van der Waals surface area contributed by atoms with E-state index < -0.39 is 24.1 Å². The van der Waals surface area contributed by atoms with E-state index in [4.69, 9.17) is 32.0 Å². The summed E-state index contributed by atoms with van der Waals surface area (Å²) in [4.78, 5) is 22.1. The molecule has 142 valence electrons. The minimum atomic E-state index is -2.27. The van der Waals surface area contributed by atoms with Gasteiger partial charge in [0.2, 0.25) is 0 Å². The number of nitrogens with zero attached hydrogens (tertiary/aromatic N) is 1. The molecule has 1 fully saturated rings. The van der Waals surface area contributed by atoms with E-state index in [-0.39, 0.29) is 0 Å². The Morgan fingerprint density at radius 1 is 1.08 bits per heavy atom. The van der Waals surface area contributed by atoms with Crippen molar-refractivity contribution >= 4 is 29.1 Å². The highest BCUT2D eigenvalue weighted by molar-refractivity contribution is 6.30. The second-order valence-corrected chi connectivity index (χ2v) is 6.87. The van der Waals surface area contributed by atoms with Crippen molar-refractivity contribution in [2.75, 3.05) is 7.05 Å². The number of hydrogen-bond donors (Lipinski definition) is 4. The highest BCUT2D eigenvalue weighted by Gasteiger charge is 2.33. The Labute approximate surface area is 156 Å². The van der Waals surface area contributed by atoms with Crippen LogP contribution in [0.2, 0.25) is 5.02 Å². The lowest BCUT2D eigenvalue weighted by Crippen LogP contribution is -2.39. The summed E-state index contributed by atoms with van der Waals surface area (Å²) in [7, 11) is 2.25. The molecule has 1 saturated heterocycles. The first-order chi connectivity index (χ1) is 12.2. The highest BCUT2D eigenvalue weighted by atomic mass is 35.5. The molecular weight excluding hydrogens is 362 g/mol. The maximum Gasteiger partial charge on any atom is 0.335 e. The van der Waals surface area contributed by atoms with Gasteiger partial charge in [0.25, 0.3) is 0 Å². The van der Waals surface area contributed by atoms with Crippen molar-refractivity contribution in [1.29, 1.82) is 0 Å². The number of aliphatic hydroxyl groups is 2. The molecule has 0 spiro atoms. The maximum atomic E-state index is 9.77. The van der Waals surface area contributed by atoms with Gasteiger partial charge in [0.15, 0.2) is 12.2 Å². The molecule has 0 aromatic heterocycles. The van der Waals surface area contributed by atoms with Crippen molar-refractivity contribution in [1.82, 2.24) is 4.90 Å². The van der Waals surface area contributed by atoms with E-state index in [1.165, 1.54) is 30.4 Å². The first-order valence-corrected chi connectivity index (χ1v) is 8.58. The van der Waals surface area contributed by atoms with Crippen LogP contribution >= 0.6 is 11.6 Å². The molecule has 0 saturated carbocycles. The van der Waals surface area contributed by atoms with Gasteiger partial charge in [-0.05, 0) is 49.6 Å². The van der Waals surface area contributed by atoms with E-state index >= 15 is 0 Å². The second kappa shape index (κ2) is 8.64. The average Bonchev–Trinajstić information content (AvgIpc) is 2.82. The Bertz CT molecular complexity index is 671. The predicted octanol–water partition coefficient (Wildman–Crippen LogP) is 1.47. The van der Waals surface area contributed by atoms with Crippen molar-refractivity contribution in [3.8, 4) is 0 Å². The predicted molar refractivity (Wildman–Crippen MR) is 95.9 cm³/mol. The Kier molecular flexibility index (Phi) is 6.77. The Balaban J connectivity index is 0.000000213. The number of hydrogen-bond acceptors (Lipinski definition) is 5. The molecule has 26 heavy (non-hydrogen) atoms. The summed E-state index contributed by atoms with van der Waals surface area (Å²) >= 11 is 5.92. The third kappa shape index (κ3) is 4.82. The van der Waals surface area contributed by atoms with Crippen molar-refractivity contribution in [2.45, 2.75) is 43.6 Å². The zero-order chi connectivity index (χ0) is 19.4. The fourth-order valence-electron chi connectivity index (χ4n) is 3.19. The largest absolute Gasteiger partial charge is 0.479 e. The second-order valence-electron chi connectivity index (χ2n) is 6.43. The first kappa shape index (κ1) is 20.4. The summed E-state index contributed by atoms with van der Waals surface area (Å²) in [5.74, 6) is -3.54. The van der Waals surface area contributed by atoms with Crippen LogP contribution in [-0.4, -0.2) is 68.6 Å². The maximum absolute atomic E-state index is 9.77. The molecule has 2 heterocycles. The standard InChI is InChI=1S/C14H16ClN.C4H6O6/c1-16-13-6-7-14(16)9-11(8-13)10-2-4-12(15)5-3-10;5-1(3(7)8)2(6)4(9)10/h2-5,8,13-14H,6-7,9H2,1H3;1-2,5-6H,(H,7,8)(H,9,10)/t;1-,2-/m.1/s1. The van der Waals surface area contributed by atoms with Crippen LogP contribution in [0.25, 0.3) is 5.57 Å². The van der Waals surface area contributed by atoms with E-state index in [9.17, 15) is 9.59 Å². The van der Waals surface area contributed by atoms with Crippen LogP contribution < -0.4 is 0 Å². The molecule has 4 N–H and O–H groups in total. The Morgan fingerprint density at radius 3 is 2.08 bits per heavy atom. The Morgan fingerprint density at radius 2 is 1.62 bits per heavy atom. The van der Waals surface area contributed by atoms with Crippen molar-refractivity contribution in [3.63, 3.8) is 0 Å². The summed E-state index contributed by atoms with van der Waals surface area (Å²) in [6, 6.07) is 9.65. The van der Waals surface area contributed by atoms with E-state index in [1.807, 2.05) is 12.1 Å². The summed E-state index contributed by atoms with van der Waals surface area (Å²) in [6.45, 7) is 0. The van der Waals surface area contributed by atoms with Crippen molar-refractivity contribution in [3.05, 3.63) is 40.9 Å². The molecule has 4 atom stereocenters. The number of aliphatic carboxylic acids is 2. The van der Waals surface area contributed by atoms with Crippen LogP contribution in [0.4, 0.5) is 0 Å². The van der Waals surface area contributed by atoms with Crippen molar-refractivity contribution < 1.29 is 30.0 Å². The Hall–Kier alpha value is -1.93. The van der Waals surface area contributed by atoms with E-state index in [1.54, 1.807) is 0 Å². The van der Waals surface area contributed by atoms with Gasteiger partial charge in [-0.15, -0.1) is 0 Å². The molecule has 0 aliphatic carbocycles. The molecule has 3 rings (SSSR count). The molecule has 1 aromatic carbocycles. The van der Waals surface area contributed by atoms with E-state index in [0.717, 1.165) is 11.1 Å². The summed E-state index contributed by atoms with van der Waals surface area (Å²) in [5.41, 5.74) is 2.84. The molecule has 1 aromatic rings. The lowest BCUT2D eigenvalue weighted by atomic mass is 9.95. The van der Waals surface area contributed by atoms with Crippen LogP contribution in [0.3, 0.4) is 0 Å². The third-order valence-electron chi connectivity index (χ3n) is 4.76. The van der Waals surface area contributed by atoms with Gasteiger partial charge in [0.1, 0.15) is 0 Å². The summed E-state index contributed by atoms with van der Waals surface area (Å²) < 4.78 is 0. The number of rotatable bonds is 4. The number of fused-ring (bicyclic) bond motifs is 2. The van der Waals surface area contributed by atoms with Gasteiger partial charge in [0, 0.05) is 17.1 Å². The number of carboxylic acid groups (broad SMARTS) is 2. The molecule has 2 unspecified atom stereocenters. The minimum Gasteiger partial charge on any atom is -0.479 e. The van der Waals surface area contributed by atoms with Gasteiger partial charge in [-0.25, -0.2) is 9.59 Å². The average molecular weight is 384 g/mol. The number of halogens is 1. The van der Waals surface area contributed by atoms with E-state index in [0.29, 0.717) is 6.04 Å². The highest BCUT2D eigenvalue weighted by Crippen LogP contribution is 2.37. The molecule has 7 nitrogen and oxygen atoms in total. The van der Waals surface area contributed by atoms with Crippen LogP contribution in [-0.2, 0) is 9.59 Å². The monoisotopic (exact) mass is 383 g/mol. The van der Waals surface area contributed by atoms with E-state index in [2.05, 4.69) is 30.2 Å². The fraction of sp³-hybridized carbons (Fsp3) is 0.444. The van der Waals surface area contributed by atoms with Gasteiger partial charge < -0.3 is 20.4 Å². The molecule has 2 bridgehead atoms. The third-order valence-corrected chi connectivity index (χ3v) is 5.02. The van der Waals surface area contributed by atoms with Gasteiger partial charge >= 0.3 is 11.9 Å². The van der Waals surface area contributed by atoms with Gasteiger partial charge in [-0.2, -0.15) is 0 Å². The SMILES string of the molecule is CN1C2C=C(c3ccc(Cl)cc3)CC1CC2.O=C(O)[C@H](O)[C@@H](O)C(=O)O. The zero-order valence-electron chi connectivity index (χ0n) is 14.2. The lowest BCUT2D eigenvalue weighted by Gasteiger charge is -2.30. The summed E-state index contributed by atoms with van der Waals surface area (Å²) in [5, 5.41) is 33.3. The van der Waals surface area contributed by atoms with Crippen molar-refractivity contribution in [2.24, 2.45) is 0 Å². The smallest absolute Gasteiger partial charge is 0.335 e. The normalized spacial score (nSPS) is 24.1. The molecule has 2 aliphatic heterocycles. The quantitative estimate of drug-likeness (QED) is 0.621. The fourth-order valence-corrected chi connectivity index (χ4v) is 3.32. The van der Waals surface area contributed by atoms with Gasteiger partial charge in [-0.1, -0.05) is 29.8 Å². The molecule has 0 amide bonds. The van der Waals surface area contributed by atoms with Crippen LogP contribution in [0.1, 0.15) is 24.8 Å². The molecule has 2 aliphatic rings.